The molecule has 1 nitrogen and oxygen atoms in total. The van der Waals surface area contributed by atoms with E-state index < -0.39 is 0 Å². The van der Waals surface area contributed by atoms with Gasteiger partial charge in [0.25, 0.3) is 0 Å². The minimum absolute atomic E-state index is 0.394. The van der Waals surface area contributed by atoms with E-state index in [1.165, 1.54) is 5.56 Å². The standard InChI is InChI=1S/C12H16ClN/c1-3-4-5-12(14-2)10-6-8-11(13)9-7-10/h3,6-9,12,14H,1,4-5H2,2H3. The van der Waals surface area contributed by atoms with Gasteiger partial charge in [0.2, 0.25) is 0 Å². The molecule has 0 fully saturated rings. The van der Waals surface area contributed by atoms with Crippen LogP contribution in [0.25, 0.3) is 0 Å². The molecule has 0 aromatic heterocycles. The Morgan fingerprint density at radius 1 is 1.43 bits per heavy atom. The van der Waals surface area contributed by atoms with E-state index >= 15 is 0 Å². The quantitative estimate of drug-likeness (QED) is 0.732. The number of allylic oxidation sites excluding steroid dienone is 1. The van der Waals surface area contributed by atoms with Crippen LogP contribution in [-0.2, 0) is 0 Å². The second-order valence-corrected chi connectivity index (χ2v) is 3.70. The van der Waals surface area contributed by atoms with Crippen molar-refractivity contribution in [1.82, 2.24) is 5.32 Å². The predicted molar refractivity (Wildman–Crippen MR) is 62.7 cm³/mol. The Balaban J connectivity index is 2.68. The second-order valence-electron chi connectivity index (χ2n) is 3.26. The third kappa shape index (κ3) is 3.17. The van der Waals surface area contributed by atoms with Gasteiger partial charge in [-0.25, -0.2) is 0 Å². The number of hydrogen-bond donors (Lipinski definition) is 1. The van der Waals surface area contributed by atoms with Crippen molar-refractivity contribution in [2.75, 3.05) is 7.05 Å². The molecule has 1 aromatic carbocycles. The fourth-order valence-corrected chi connectivity index (χ4v) is 1.58. The van der Waals surface area contributed by atoms with Crippen molar-refractivity contribution in [3.05, 3.63) is 47.5 Å². The molecule has 76 valence electrons. The summed E-state index contributed by atoms with van der Waals surface area (Å²) < 4.78 is 0. The molecule has 14 heavy (non-hydrogen) atoms. The summed E-state index contributed by atoms with van der Waals surface area (Å²) in [5.74, 6) is 0. The van der Waals surface area contributed by atoms with Gasteiger partial charge < -0.3 is 5.32 Å². The van der Waals surface area contributed by atoms with E-state index in [-0.39, 0.29) is 0 Å². The molecule has 1 atom stereocenters. The van der Waals surface area contributed by atoms with E-state index in [1.807, 2.05) is 25.3 Å². The number of nitrogens with one attached hydrogen (secondary N) is 1. The van der Waals surface area contributed by atoms with E-state index in [0.717, 1.165) is 17.9 Å². The van der Waals surface area contributed by atoms with Crippen molar-refractivity contribution in [1.29, 1.82) is 0 Å². The van der Waals surface area contributed by atoms with Crippen molar-refractivity contribution in [2.45, 2.75) is 18.9 Å². The van der Waals surface area contributed by atoms with Gasteiger partial charge in [0.05, 0.1) is 0 Å². The maximum absolute atomic E-state index is 5.83. The van der Waals surface area contributed by atoms with Crippen LogP contribution in [0.1, 0.15) is 24.4 Å². The Bertz CT molecular complexity index is 279. The van der Waals surface area contributed by atoms with Crippen molar-refractivity contribution in [3.63, 3.8) is 0 Å². The van der Waals surface area contributed by atoms with Gasteiger partial charge >= 0.3 is 0 Å². The zero-order valence-corrected chi connectivity index (χ0v) is 9.22. The van der Waals surface area contributed by atoms with E-state index in [2.05, 4.69) is 24.0 Å². The predicted octanol–water partition coefficient (Wildman–Crippen LogP) is 3.57. The van der Waals surface area contributed by atoms with E-state index in [1.54, 1.807) is 0 Å². The third-order valence-electron chi connectivity index (χ3n) is 2.28. The molecule has 0 saturated carbocycles. The van der Waals surface area contributed by atoms with Crippen LogP contribution in [0.3, 0.4) is 0 Å². The Hall–Kier alpha value is -0.790. The highest BCUT2D eigenvalue weighted by Gasteiger charge is 2.06. The number of halogens is 1. The molecule has 0 aliphatic carbocycles. The van der Waals surface area contributed by atoms with Crippen LogP contribution in [0.2, 0.25) is 5.02 Å². The molecular weight excluding hydrogens is 194 g/mol. The molecule has 1 unspecified atom stereocenters. The lowest BCUT2D eigenvalue weighted by atomic mass is 10.0. The normalized spacial score (nSPS) is 12.4. The molecule has 0 aliphatic heterocycles. The van der Waals surface area contributed by atoms with Gasteiger partial charge in [-0.2, -0.15) is 0 Å². The van der Waals surface area contributed by atoms with Gasteiger partial charge in [0.15, 0.2) is 0 Å². The molecule has 0 radical (unpaired) electrons. The molecule has 1 aromatic rings. The Morgan fingerprint density at radius 3 is 2.57 bits per heavy atom. The first kappa shape index (κ1) is 11.3. The van der Waals surface area contributed by atoms with Gasteiger partial charge in [-0.15, -0.1) is 6.58 Å². The van der Waals surface area contributed by atoms with E-state index in [9.17, 15) is 0 Å². The molecule has 1 rings (SSSR count). The molecule has 0 heterocycles. The van der Waals surface area contributed by atoms with Crippen LogP contribution < -0.4 is 5.32 Å². The topological polar surface area (TPSA) is 12.0 Å². The van der Waals surface area contributed by atoms with Crippen molar-refractivity contribution >= 4 is 11.6 Å². The average Bonchev–Trinajstić information content (AvgIpc) is 2.21. The van der Waals surface area contributed by atoms with Crippen LogP contribution in [-0.4, -0.2) is 7.05 Å². The summed E-state index contributed by atoms with van der Waals surface area (Å²) in [4.78, 5) is 0. The molecule has 0 aliphatic rings. The molecule has 1 N–H and O–H groups in total. The van der Waals surface area contributed by atoms with Gasteiger partial charge in [-0.05, 0) is 37.6 Å². The summed E-state index contributed by atoms with van der Waals surface area (Å²) in [6, 6.07) is 8.37. The van der Waals surface area contributed by atoms with Gasteiger partial charge in [-0.1, -0.05) is 29.8 Å². The minimum Gasteiger partial charge on any atom is -0.313 e. The zero-order chi connectivity index (χ0) is 10.4. The summed E-state index contributed by atoms with van der Waals surface area (Å²) in [7, 11) is 1.97. The monoisotopic (exact) mass is 209 g/mol. The smallest absolute Gasteiger partial charge is 0.0406 e. The summed E-state index contributed by atoms with van der Waals surface area (Å²) >= 11 is 5.83. The lowest BCUT2D eigenvalue weighted by Gasteiger charge is -2.15. The fraction of sp³-hybridized carbons (Fsp3) is 0.333. The number of hydrogen-bond acceptors (Lipinski definition) is 1. The Morgan fingerprint density at radius 2 is 2.07 bits per heavy atom. The second kappa shape index (κ2) is 5.84. The van der Waals surface area contributed by atoms with Crippen molar-refractivity contribution < 1.29 is 0 Å². The Labute approximate surface area is 90.8 Å². The van der Waals surface area contributed by atoms with E-state index in [0.29, 0.717) is 6.04 Å². The maximum Gasteiger partial charge on any atom is 0.0406 e. The van der Waals surface area contributed by atoms with Crippen LogP contribution in [0.4, 0.5) is 0 Å². The largest absolute Gasteiger partial charge is 0.313 e. The highest BCUT2D eigenvalue weighted by atomic mass is 35.5. The summed E-state index contributed by atoms with van der Waals surface area (Å²) in [6.45, 7) is 3.73. The molecular formula is C12H16ClN. The molecule has 0 spiro atoms. The highest BCUT2D eigenvalue weighted by Crippen LogP contribution is 2.20. The minimum atomic E-state index is 0.394. The van der Waals surface area contributed by atoms with Crippen molar-refractivity contribution in [2.24, 2.45) is 0 Å². The zero-order valence-electron chi connectivity index (χ0n) is 8.46. The van der Waals surface area contributed by atoms with E-state index in [4.69, 9.17) is 11.6 Å². The lowest BCUT2D eigenvalue weighted by molar-refractivity contribution is 0.555. The lowest BCUT2D eigenvalue weighted by Crippen LogP contribution is -2.15. The summed E-state index contributed by atoms with van der Waals surface area (Å²) in [5, 5.41) is 4.07. The fourth-order valence-electron chi connectivity index (χ4n) is 1.46. The number of rotatable bonds is 5. The molecule has 0 bridgehead atoms. The number of benzene rings is 1. The van der Waals surface area contributed by atoms with Crippen molar-refractivity contribution in [3.8, 4) is 0 Å². The van der Waals surface area contributed by atoms with Crippen LogP contribution in [0, 0.1) is 0 Å². The molecule has 0 saturated heterocycles. The van der Waals surface area contributed by atoms with Gasteiger partial charge in [0.1, 0.15) is 0 Å². The maximum atomic E-state index is 5.83. The highest BCUT2D eigenvalue weighted by molar-refractivity contribution is 6.30. The third-order valence-corrected chi connectivity index (χ3v) is 2.53. The average molecular weight is 210 g/mol. The van der Waals surface area contributed by atoms with Gasteiger partial charge in [-0.3, -0.25) is 0 Å². The summed E-state index contributed by atoms with van der Waals surface area (Å²) in [5.41, 5.74) is 1.28. The van der Waals surface area contributed by atoms with Crippen LogP contribution >= 0.6 is 11.6 Å². The first-order chi connectivity index (χ1) is 6.77. The first-order valence-corrected chi connectivity index (χ1v) is 5.19. The molecule has 0 amide bonds. The first-order valence-electron chi connectivity index (χ1n) is 4.81. The SMILES string of the molecule is C=CCCC(NC)c1ccc(Cl)cc1. The Kier molecular flexibility index (Phi) is 4.71. The van der Waals surface area contributed by atoms with Crippen LogP contribution in [0.5, 0.6) is 0 Å². The summed E-state index contributed by atoms with van der Waals surface area (Å²) in [6.07, 6.45) is 4.04. The molecule has 2 heteroatoms. The van der Waals surface area contributed by atoms with Gasteiger partial charge in [0, 0.05) is 11.1 Å². The van der Waals surface area contributed by atoms with Crippen LogP contribution in [0.15, 0.2) is 36.9 Å².